The number of nitrogens with zero attached hydrogens (tertiary/aromatic N) is 1. The number of ether oxygens (including phenoxy) is 2. The number of hydrogen-bond acceptors (Lipinski definition) is 7. The van der Waals surface area contributed by atoms with Crippen LogP contribution in [-0.2, 0) is 27.9 Å². The summed E-state index contributed by atoms with van der Waals surface area (Å²) in [4.78, 5) is 25.1. The average molecular weight is 868 g/mol. The minimum Gasteiger partial charge on any atom is -0.756 e. The lowest BCUT2D eigenvalue weighted by atomic mass is 10.1. The number of phosphoric ester groups is 1. The average Bonchev–Trinajstić information content (AvgIpc) is 3.22. The molecule has 8 nitrogen and oxygen atoms in total. The summed E-state index contributed by atoms with van der Waals surface area (Å²) in [7, 11) is 1.29. The van der Waals surface area contributed by atoms with Gasteiger partial charge in [-0.2, -0.15) is 0 Å². The number of hydrogen-bond donors (Lipinski definition) is 0. The lowest BCUT2D eigenvalue weighted by Gasteiger charge is -2.28. The smallest absolute Gasteiger partial charge is 0.306 e. The number of esters is 1. The van der Waals surface area contributed by atoms with Crippen molar-refractivity contribution in [1.29, 1.82) is 0 Å². The van der Waals surface area contributed by atoms with Gasteiger partial charge in [-0.15, -0.1) is 0 Å². The van der Waals surface area contributed by atoms with Gasteiger partial charge < -0.3 is 27.9 Å². The lowest BCUT2D eigenvalue weighted by molar-refractivity contribution is -0.870. The van der Waals surface area contributed by atoms with Gasteiger partial charge in [-0.25, -0.2) is 0 Å². The second-order valence-electron chi connectivity index (χ2n) is 16.0. The molecule has 0 aromatic carbocycles. The Hall–Kier alpha value is -3.10. The van der Waals surface area contributed by atoms with Crippen LogP contribution in [-0.4, -0.2) is 70.7 Å². The van der Waals surface area contributed by atoms with Crippen LogP contribution in [0.2, 0.25) is 0 Å². The fourth-order valence-electron chi connectivity index (χ4n) is 5.48. The molecule has 0 amide bonds. The zero-order valence-electron chi connectivity index (χ0n) is 39.1. The van der Waals surface area contributed by atoms with E-state index in [9.17, 15) is 14.3 Å². The van der Waals surface area contributed by atoms with Crippen molar-refractivity contribution < 1.29 is 37.3 Å². The number of likely N-dealkylation sites (N-methyl/N-ethyl adjacent to an activating group) is 1. The van der Waals surface area contributed by atoms with Crippen LogP contribution in [0, 0.1) is 0 Å². The fraction of sp³-hybridized carbons (Fsp3) is 0.596. The van der Waals surface area contributed by atoms with Crippen molar-refractivity contribution in [3.8, 4) is 0 Å². The van der Waals surface area contributed by atoms with E-state index in [1.54, 1.807) is 0 Å². The largest absolute Gasteiger partial charge is 0.756 e. The Bertz CT molecular complexity index is 1380. The number of rotatable bonds is 41. The minimum atomic E-state index is -4.56. The third-order valence-electron chi connectivity index (χ3n) is 9.01. The molecule has 0 aliphatic rings. The molecule has 0 saturated carbocycles. The van der Waals surface area contributed by atoms with Crippen molar-refractivity contribution in [2.45, 2.75) is 148 Å². The highest BCUT2D eigenvalue weighted by Gasteiger charge is 2.20. The molecule has 0 aromatic heterocycles. The molecule has 346 valence electrons. The lowest BCUT2D eigenvalue weighted by Crippen LogP contribution is -2.37. The van der Waals surface area contributed by atoms with Crippen molar-refractivity contribution >= 4 is 13.8 Å². The monoisotopic (exact) mass is 868 g/mol. The molecule has 0 spiro atoms. The van der Waals surface area contributed by atoms with E-state index in [-0.39, 0.29) is 32.2 Å². The first kappa shape index (κ1) is 57.9. The number of carbonyl (C=O) groups excluding carboxylic acids is 1. The zero-order chi connectivity index (χ0) is 44.8. The van der Waals surface area contributed by atoms with Crippen LogP contribution >= 0.6 is 7.82 Å². The predicted octanol–water partition coefficient (Wildman–Crippen LogP) is 13.5. The molecular weight excluding hydrogens is 782 g/mol. The van der Waals surface area contributed by atoms with Crippen LogP contribution in [0.25, 0.3) is 0 Å². The number of unbranched alkanes of at least 4 members (excludes halogenated alkanes) is 7. The van der Waals surface area contributed by atoms with Crippen molar-refractivity contribution in [3.63, 3.8) is 0 Å². The standard InChI is InChI=1S/C52H86NO7P/c1-6-8-10-12-14-16-18-20-22-24-26-27-28-29-31-33-35-37-39-41-43-45-52(54)60-51(50-59-61(55,56)58-48-46-53(3,4)5)49-57-47-44-42-40-38-36-34-32-30-25-23-21-19-17-15-13-11-9-7-2/h8-11,14-17,20-23,26-27,29-32,36,38,51H,6-7,12-13,18-19,24-25,28,33-35,37,39-50H2,1-5H3/b10-8-,11-9-,16-14-,17-15-,22-20-,23-21-,27-26-,31-29-,32-30-,38-36-. The minimum absolute atomic E-state index is 0.00540. The van der Waals surface area contributed by atoms with E-state index in [1.165, 1.54) is 0 Å². The van der Waals surface area contributed by atoms with Gasteiger partial charge in [0.15, 0.2) is 0 Å². The summed E-state index contributed by atoms with van der Waals surface area (Å²) in [6, 6.07) is 0. The van der Waals surface area contributed by atoms with E-state index in [4.69, 9.17) is 18.5 Å². The quantitative estimate of drug-likeness (QED) is 0.0199. The van der Waals surface area contributed by atoms with Crippen molar-refractivity contribution in [2.75, 3.05) is 54.1 Å². The second-order valence-corrected chi connectivity index (χ2v) is 17.4. The summed E-state index contributed by atoms with van der Waals surface area (Å²) in [5, 5.41) is 0. The Morgan fingerprint density at radius 3 is 1.34 bits per heavy atom. The van der Waals surface area contributed by atoms with Crippen LogP contribution in [0.1, 0.15) is 142 Å². The fourth-order valence-corrected chi connectivity index (χ4v) is 6.21. The highest BCUT2D eigenvalue weighted by molar-refractivity contribution is 7.45. The third-order valence-corrected chi connectivity index (χ3v) is 9.97. The molecule has 0 N–H and O–H groups in total. The number of carbonyl (C=O) groups is 1. The normalized spacial score (nSPS) is 14.8. The summed E-state index contributed by atoms with van der Waals surface area (Å²) < 4.78 is 34.6. The summed E-state index contributed by atoms with van der Waals surface area (Å²) in [6.45, 7) is 5.00. The van der Waals surface area contributed by atoms with Gasteiger partial charge in [-0.3, -0.25) is 9.36 Å². The molecule has 0 aromatic rings. The van der Waals surface area contributed by atoms with Crippen molar-refractivity contribution in [1.82, 2.24) is 0 Å². The van der Waals surface area contributed by atoms with Gasteiger partial charge in [0, 0.05) is 13.0 Å². The molecule has 0 saturated heterocycles. The first-order valence-corrected chi connectivity index (χ1v) is 24.7. The summed E-state index contributed by atoms with van der Waals surface area (Å²) in [5.74, 6) is -0.374. The molecular formula is C52H86NO7P. The van der Waals surface area contributed by atoms with Crippen LogP contribution in [0.5, 0.6) is 0 Å². The van der Waals surface area contributed by atoms with E-state index in [0.29, 0.717) is 17.6 Å². The van der Waals surface area contributed by atoms with E-state index < -0.39 is 13.9 Å². The molecule has 2 atom stereocenters. The van der Waals surface area contributed by atoms with Crippen LogP contribution in [0.4, 0.5) is 0 Å². The van der Waals surface area contributed by atoms with Crippen LogP contribution in [0.3, 0.4) is 0 Å². The maximum absolute atomic E-state index is 12.7. The Morgan fingerprint density at radius 2 is 0.902 bits per heavy atom. The molecule has 0 radical (unpaired) electrons. The Balaban J connectivity index is 4.37. The van der Waals surface area contributed by atoms with E-state index in [0.717, 1.165) is 122 Å². The predicted molar refractivity (Wildman–Crippen MR) is 258 cm³/mol. The Kier molecular flexibility index (Phi) is 41.3. The number of quaternary nitrogens is 1. The van der Waals surface area contributed by atoms with E-state index in [1.807, 2.05) is 21.1 Å². The summed E-state index contributed by atoms with van der Waals surface area (Å²) >= 11 is 0. The van der Waals surface area contributed by atoms with Gasteiger partial charge >= 0.3 is 5.97 Å². The van der Waals surface area contributed by atoms with Gasteiger partial charge in [0.1, 0.15) is 19.3 Å². The van der Waals surface area contributed by atoms with Gasteiger partial charge in [0.2, 0.25) is 0 Å². The Morgan fingerprint density at radius 1 is 0.508 bits per heavy atom. The maximum Gasteiger partial charge on any atom is 0.306 e. The van der Waals surface area contributed by atoms with Gasteiger partial charge in [0.05, 0.1) is 34.4 Å². The Labute approximate surface area is 373 Å². The highest BCUT2D eigenvalue weighted by atomic mass is 31.2. The highest BCUT2D eigenvalue weighted by Crippen LogP contribution is 2.38. The molecule has 61 heavy (non-hydrogen) atoms. The maximum atomic E-state index is 12.7. The molecule has 0 fully saturated rings. The summed E-state index contributed by atoms with van der Waals surface area (Å²) in [5.41, 5.74) is 0. The molecule has 0 bridgehead atoms. The first-order chi connectivity index (χ1) is 29.6. The van der Waals surface area contributed by atoms with Crippen molar-refractivity contribution in [3.05, 3.63) is 122 Å². The van der Waals surface area contributed by atoms with E-state index in [2.05, 4.69) is 135 Å². The van der Waals surface area contributed by atoms with Crippen LogP contribution < -0.4 is 4.89 Å². The zero-order valence-corrected chi connectivity index (χ0v) is 39.9. The molecule has 9 heteroatoms. The summed E-state index contributed by atoms with van der Waals surface area (Å²) in [6.07, 6.45) is 62.2. The number of allylic oxidation sites excluding steroid dienone is 20. The topological polar surface area (TPSA) is 94.1 Å². The number of phosphoric acid groups is 1. The van der Waals surface area contributed by atoms with Gasteiger partial charge in [-0.05, 0) is 103 Å². The van der Waals surface area contributed by atoms with Crippen molar-refractivity contribution in [2.24, 2.45) is 0 Å². The molecule has 0 heterocycles. The van der Waals surface area contributed by atoms with Gasteiger partial charge in [-0.1, -0.05) is 155 Å². The third kappa shape index (κ3) is 47.8. The molecule has 0 aliphatic heterocycles. The van der Waals surface area contributed by atoms with Gasteiger partial charge in [0.25, 0.3) is 7.82 Å². The first-order valence-electron chi connectivity index (χ1n) is 23.3. The SMILES string of the molecule is CC/C=C\C/C=C\C/C=C\C/C=C\C/C=C\CCCCCCCC(=O)OC(COCCCC/C=C\C/C=C\C/C=C\C/C=C\C/C=C\CC)COP(=O)([O-])OCC[N+](C)(C)C. The molecule has 0 rings (SSSR count). The van der Waals surface area contributed by atoms with E-state index >= 15 is 0 Å². The van der Waals surface area contributed by atoms with Crippen LogP contribution in [0.15, 0.2) is 122 Å². The molecule has 2 unspecified atom stereocenters. The second kappa shape index (κ2) is 43.5. The molecule has 0 aliphatic carbocycles.